The summed E-state index contributed by atoms with van der Waals surface area (Å²) in [5.74, 6) is 0.0463. The lowest BCUT2D eigenvalue weighted by molar-refractivity contribution is 0.0643. The summed E-state index contributed by atoms with van der Waals surface area (Å²) >= 11 is 5.80. The van der Waals surface area contributed by atoms with E-state index >= 15 is 0 Å². The van der Waals surface area contributed by atoms with Crippen LogP contribution < -0.4 is 0 Å². The Balaban J connectivity index is 2.17. The Hall–Kier alpha value is -0.860. The molecule has 1 aliphatic heterocycles. The molecule has 1 saturated heterocycles. The van der Waals surface area contributed by atoms with E-state index in [-0.39, 0.29) is 11.9 Å². The number of hydrogen-bond acceptors (Lipinski definition) is 2. The maximum atomic E-state index is 11.8. The summed E-state index contributed by atoms with van der Waals surface area (Å²) < 4.78 is 5.32. The summed E-state index contributed by atoms with van der Waals surface area (Å²) in [6, 6.07) is 7.00. The van der Waals surface area contributed by atoms with Gasteiger partial charge in [-0.3, -0.25) is 4.79 Å². The molecular weight excluding hydrogens is 200 g/mol. The number of benzene rings is 1. The molecular formula is C11H11ClO2. The minimum atomic E-state index is -0.256. The van der Waals surface area contributed by atoms with E-state index in [1.165, 1.54) is 0 Å². The highest BCUT2D eigenvalue weighted by molar-refractivity contribution is 6.31. The van der Waals surface area contributed by atoms with Gasteiger partial charge in [-0.2, -0.15) is 0 Å². The molecule has 0 spiro atoms. The van der Waals surface area contributed by atoms with Crippen molar-refractivity contribution in [3.8, 4) is 0 Å². The predicted octanol–water partition coefficient (Wildman–Crippen LogP) is 2.70. The van der Waals surface area contributed by atoms with Crippen LogP contribution in [0.2, 0.25) is 5.02 Å². The molecule has 0 N–H and O–H groups in total. The Morgan fingerprint density at radius 3 is 3.00 bits per heavy atom. The largest absolute Gasteiger partial charge is 0.370 e. The standard InChI is InChI=1S/C11H11ClO2/c12-9-4-1-3-8(7-9)11(13)10-5-2-6-14-10/h1,3-4,7,10H,2,5-6H2. The lowest BCUT2D eigenvalue weighted by Crippen LogP contribution is -2.19. The predicted molar refractivity (Wildman–Crippen MR) is 54.8 cm³/mol. The van der Waals surface area contributed by atoms with E-state index in [0.29, 0.717) is 17.2 Å². The molecule has 0 amide bonds. The van der Waals surface area contributed by atoms with E-state index in [2.05, 4.69) is 0 Å². The summed E-state index contributed by atoms with van der Waals surface area (Å²) in [7, 11) is 0. The molecule has 0 aliphatic carbocycles. The maximum Gasteiger partial charge on any atom is 0.191 e. The van der Waals surface area contributed by atoms with Gasteiger partial charge in [0.05, 0.1) is 0 Å². The van der Waals surface area contributed by atoms with Crippen molar-refractivity contribution in [3.05, 3.63) is 34.9 Å². The molecule has 1 atom stereocenters. The van der Waals surface area contributed by atoms with E-state index in [4.69, 9.17) is 16.3 Å². The number of Topliss-reactive ketones (excluding diaryl/α,β-unsaturated/α-hetero) is 1. The Labute approximate surface area is 87.8 Å². The first kappa shape index (κ1) is 9.69. The van der Waals surface area contributed by atoms with Gasteiger partial charge in [0.1, 0.15) is 6.10 Å². The van der Waals surface area contributed by atoms with Crippen LogP contribution in [0, 0.1) is 0 Å². The van der Waals surface area contributed by atoms with Gasteiger partial charge in [0.25, 0.3) is 0 Å². The SMILES string of the molecule is O=C(c1cccc(Cl)c1)C1CCCO1. The molecule has 2 nitrogen and oxygen atoms in total. The Bertz CT molecular complexity index is 343. The molecule has 1 aromatic carbocycles. The second-order valence-corrected chi connectivity index (χ2v) is 3.81. The fourth-order valence-corrected chi connectivity index (χ4v) is 1.80. The fourth-order valence-electron chi connectivity index (χ4n) is 1.61. The Morgan fingerprint density at radius 2 is 2.36 bits per heavy atom. The number of carbonyl (C=O) groups is 1. The van der Waals surface area contributed by atoms with Gasteiger partial charge in [0, 0.05) is 17.2 Å². The molecule has 0 radical (unpaired) electrons. The molecule has 3 heteroatoms. The number of ketones is 1. The topological polar surface area (TPSA) is 26.3 Å². The zero-order valence-corrected chi connectivity index (χ0v) is 8.46. The first-order valence-corrected chi connectivity index (χ1v) is 5.06. The summed E-state index contributed by atoms with van der Waals surface area (Å²) in [6.45, 7) is 0.691. The van der Waals surface area contributed by atoms with Crippen molar-refractivity contribution >= 4 is 17.4 Å². The van der Waals surface area contributed by atoms with Crippen molar-refractivity contribution < 1.29 is 9.53 Å². The van der Waals surface area contributed by atoms with Crippen molar-refractivity contribution in [1.29, 1.82) is 0 Å². The molecule has 1 aromatic rings. The third-order valence-electron chi connectivity index (χ3n) is 2.33. The maximum absolute atomic E-state index is 11.8. The molecule has 1 fully saturated rings. The molecule has 74 valence electrons. The van der Waals surface area contributed by atoms with Crippen LogP contribution in [0.15, 0.2) is 24.3 Å². The highest BCUT2D eigenvalue weighted by Crippen LogP contribution is 2.19. The van der Waals surface area contributed by atoms with Crippen LogP contribution in [0.25, 0.3) is 0 Å². The average Bonchev–Trinajstić information content (AvgIpc) is 2.69. The van der Waals surface area contributed by atoms with Gasteiger partial charge in [0.2, 0.25) is 0 Å². The van der Waals surface area contributed by atoms with Crippen LogP contribution in [0.4, 0.5) is 0 Å². The molecule has 2 rings (SSSR count). The zero-order chi connectivity index (χ0) is 9.97. The minimum absolute atomic E-state index is 0.0463. The van der Waals surface area contributed by atoms with Crippen LogP contribution in [0.1, 0.15) is 23.2 Å². The molecule has 1 heterocycles. The number of carbonyl (C=O) groups excluding carboxylic acids is 1. The number of ether oxygens (including phenoxy) is 1. The van der Waals surface area contributed by atoms with Crippen LogP contribution in [0.5, 0.6) is 0 Å². The van der Waals surface area contributed by atoms with Gasteiger partial charge in [0.15, 0.2) is 5.78 Å². The minimum Gasteiger partial charge on any atom is -0.370 e. The molecule has 14 heavy (non-hydrogen) atoms. The van der Waals surface area contributed by atoms with Gasteiger partial charge >= 0.3 is 0 Å². The Kier molecular flexibility index (Phi) is 2.85. The van der Waals surface area contributed by atoms with Crippen molar-refractivity contribution in [2.24, 2.45) is 0 Å². The fraction of sp³-hybridized carbons (Fsp3) is 0.364. The second-order valence-electron chi connectivity index (χ2n) is 3.38. The second kappa shape index (κ2) is 4.11. The summed E-state index contributed by atoms with van der Waals surface area (Å²) in [5.41, 5.74) is 0.643. The van der Waals surface area contributed by atoms with Crippen molar-refractivity contribution in [2.75, 3.05) is 6.61 Å². The van der Waals surface area contributed by atoms with Crippen LogP contribution in [-0.2, 0) is 4.74 Å². The number of hydrogen-bond donors (Lipinski definition) is 0. The molecule has 1 unspecified atom stereocenters. The van der Waals surface area contributed by atoms with Crippen LogP contribution >= 0.6 is 11.6 Å². The third kappa shape index (κ3) is 1.97. The summed E-state index contributed by atoms with van der Waals surface area (Å²) in [6.07, 6.45) is 1.54. The summed E-state index contributed by atoms with van der Waals surface area (Å²) in [5, 5.41) is 0.592. The number of halogens is 1. The Morgan fingerprint density at radius 1 is 1.50 bits per heavy atom. The number of rotatable bonds is 2. The monoisotopic (exact) mass is 210 g/mol. The van der Waals surface area contributed by atoms with Crippen LogP contribution in [-0.4, -0.2) is 18.5 Å². The van der Waals surface area contributed by atoms with Crippen molar-refractivity contribution in [2.45, 2.75) is 18.9 Å². The average molecular weight is 211 g/mol. The van der Waals surface area contributed by atoms with Gasteiger partial charge in [-0.05, 0) is 25.0 Å². The van der Waals surface area contributed by atoms with E-state index in [0.717, 1.165) is 12.8 Å². The molecule has 1 aliphatic rings. The third-order valence-corrected chi connectivity index (χ3v) is 2.57. The van der Waals surface area contributed by atoms with Gasteiger partial charge < -0.3 is 4.74 Å². The smallest absolute Gasteiger partial charge is 0.191 e. The van der Waals surface area contributed by atoms with Crippen molar-refractivity contribution in [3.63, 3.8) is 0 Å². The highest BCUT2D eigenvalue weighted by Gasteiger charge is 2.24. The van der Waals surface area contributed by atoms with E-state index < -0.39 is 0 Å². The molecule has 0 saturated carbocycles. The van der Waals surface area contributed by atoms with Gasteiger partial charge in [-0.1, -0.05) is 23.7 Å². The van der Waals surface area contributed by atoms with Crippen LogP contribution in [0.3, 0.4) is 0 Å². The summed E-state index contributed by atoms with van der Waals surface area (Å²) in [4.78, 5) is 11.8. The first-order valence-electron chi connectivity index (χ1n) is 4.69. The van der Waals surface area contributed by atoms with E-state index in [9.17, 15) is 4.79 Å². The van der Waals surface area contributed by atoms with Crippen molar-refractivity contribution in [1.82, 2.24) is 0 Å². The lowest BCUT2D eigenvalue weighted by Gasteiger charge is -2.07. The van der Waals surface area contributed by atoms with E-state index in [1.807, 2.05) is 0 Å². The molecule has 0 bridgehead atoms. The van der Waals surface area contributed by atoms with E-state index in [1.54, 1.807) is 24.3 Å². The first-order chi connectivity index (χ1) is 6.77. The van der Waals surface area contributed by atoms with Gasteiger partial charge in [-0.25, -0.2) is 0 Å². The highest BCUT2D eigenvalue weighted by atomic mass is 35.5. The lowest BCUT2D eigenvalue weighted by atomic mass is 10.0. The molecule has 0 aromatic heterocycles. The van der Waals surface area contributed by atoms with Gasteiger partial charge in [-0.15, -0.1) is 0 Å². The zero-order valence-electron chi connectivity index (χ0n) is 7.70. The normalized spacial score (nSPS) is 21.1. The quantitative estimate of drug-likeness (QED) is 0.702.